The fourth-order valence-electron chi connectivity index (χ4n) is 2.38. The van der Waals surface area contributed by atoms with Crippen molar-refractivity contribution >= 4 is 29.1 Å². The van der Waals surface area contributed by atoms with Crippen molar-refractivity contribution in [2.75, 3.05) is 11.9 Å². The van der Waals surface area contributed by atoms with E-state index in [1.54, 1.807) is 24.3 Å². The summed E-state index contributed by atoms with van der Waals surface area (Å²) < 4.78 is 0. The summed E-state index contributed by atoms with van der Waals surface area (Å²) in [4.78, 5) is 32.8. The van der Waals surface area contributed by atoms with E-state index in [2.05, 4.69) is 20.6 Å². The Hall–Kier alpha value is -2.51. The van der Waals surface area contributed by atoms with Crippen LogP contribution in [0.2, 0.25) is 5.02 Å². The second-order valence-corrected chi connectivity index (χ2v) is 6.36. The molecule has 4 N–H and O–H groups in total. The molecule has 0 saturated heterocycles. The number of hydrogen-bond acceptors (Lipinski definition) is 5. The van der Waals surface area contributed by atoms with Crippen molar-refractivity contribution < 1.29 is 9.59 Å². The maximum Gasteiger partial charge on any atom is 0.276 e. The maximum atomic E-state index is 12.4. The number of carbonyl (C=O) groups excluding carboxylic acids is 2. The summed E-state index contributed by atoms with van der Waals surface area (Å²) in [5.41, 5.74) is 6.44. The van der Waals surface area contributed by atoms with E-state index >= 15 is 0 Å². The third kappa shape index (κ3) is 4.52. The molecule has 1 unspecified atom stereocenters. The number of nitrogens with one attached hydrogen (secondary N) is 2. The molecule has 1 fully saturated rings. The van der Waals surface area contributed by atoms with Crippen LogP contribution in [0.4, 0.5) is 5.69 Å². The number of carbonyl (C=O) groups is 2. The molecular formula is C17H18ClN5O2. The minimum atomic E-state index is -0.521. The normalized spacial score (nSPS) is 14.6. The average molecular weight is 360 g/mol. The van der Waals surface area contributed by atoms with Crippen LogP contribution in [0.25, 0.3) is 0 Å². The van der Waals surface area contributed by atoms with Gasteiger partial charge >= 0.3 is 0 Å². The Labute approximate surface area is 150 Å². The molecule has 7 nitrogen and oxygen atoms in total. The second kappa shape index (κ2) is 7.58. The summed E-state index contributed by atoms with van der Waals surface area (Å²) in [6.07, 6.45) is 4.92. The standard InChI is InChI=1S/C17H18ClN5O2/c18-11-3-5-12(6-4-11)23-17(25)15-14(20-7-8-21-15)16(24)22-9-13(19)10-1-2-10/h3-8,10,13H,1-2,9,19H2,(H,22,24)(H,23,25). The molecule has 1 saturated carbocycles. The lowest BCUT2D eigenvalue weighted by atomic mass is 10.2. The Balaban J connectivity index is 1.69. The van der Waals surface area contributed by atoms with Gasteiger partial charge in [-0.3, -0.25) is 9.59 Å². The number of nitrogens with two attached hydrogens (primary N) is 1. The first-order chi connectivity index (χ1) is 12.0. The monoisotopic (exact) mass is 359 g/mol. The van der Waals surface area contributed by atoms with Gasteiger partial charge in [0.15, 0.2) is 11.4 Å². The van der Waals surface area contributed by atoms with Crippen LogP contribution in [0.3, 0.4) is 0 Å². The molecule has 1 aliphatic carbocycles. The number of amides is 2. The van der Waals surface area contributed by atoms with Crippen LogP contribution in [-0.2, 0) is 0 Å². The Bertz CT molecular complexity index is 777. The number of halogens is 1. The van der Waals surface area contributed by atoms with E-state index in [9.17, 15) is 9.59 Å². The highest BCUT2D eigenvalue weighted by atomic mass is 35.5. The fraction of sp³-hybridized carbons (Fsp3) is 0.294. The van der Waals surface area contributed by atoms with Gasteiger partial charge in [-0.05, 0) is 43.0 Å². The molecule has 1 aromatic heterocycles. The third-order valence-corrected chi connectivity index (χ3v) is 4.21. The molecule has 3 rings (SSSR count). The number of benzene rings is 1. The van der Waals surface area contributed by atoms with E-state index in [1.165, 1.54) is 12.4 Å². The summed E-state index contributed by atoms with van der Waals surface area (Å²) >= 11 is 5.82. The van der Waals surface area contributed by atoms with Crippen molar-refractivity contribution in [1.29, 1.82) is 0 Å². The van der Waals surface area contributed by atoms with Gasteiger partial charge in [-0.2, -0.15) is 0 Å². The lowest BCUT2D eigenvalue weighted by Gasteiger charge is -2.12. The molecule has 0 aliphatic heterocycles. The first-order valence-corrected chi connectivity index (χ1v) is 8.34. The molecule has 25 heavy (non-hydrogen) atoms. The van der Waals surface area contributed by atoms with Crippen LogP contribution in [0.15, 0.2) is 36.7 Å². The molecule has 130 valence electrons. The Morgan fingerprint density at radius 3 is 2.32 bits per heavy atom. The molecule has 1 heterocycles. The SMILES string of the molecule is NC(CNC(=O)c1nccnc1C(=O)Nc1ccc(Cl)cc1)C1CC1. The molecule has 1 atom stereocenters. The van der Waals surface area contributed by atoms with Crippen LogP contribution in [0.5, 0.6) is 0 Å². The highest BCUT2D eigenvalue weighted by Crippen LogP contribution is 2.31. The quantitative estimate of drug-likeness (QED) is 0.729. The van der Waals surface area contributed by atoms with Gasteiger partial charge in [0.2, 0.25) is 0 Å². The predicted molar refractivity (Wildman–Crippen MR) is 94.5 cm³/mol. The molecule has 2 amide bonds. The van der Waals surface area contributed by atoms with Crippen LogP contribution in [-0.4, -0.2) is 34.4 Å². The van der Waals surface area contributed by atoms with Crippen molar-refractivity contribution in [1.82, 2.24) is 15.3 Å². The summed E-state index contributed by atoms with van der Waals surface area (Å²) in [6, 6.07) is 6.55. The van der Waals surface area contributed by atoms with E-state index in [0.29, 0.717) is 23.2 Å². The lowest BCUT2D eigenvalue weighted by molar-refractivity contribution is 0.0930. The Morgan fingerprint density at radius 1 is 1.12 bits per heavy atom. The van der Waals surface area contributed by atoms with Crippen LogP contribution < -0.4 is 16.4 Å². The minimum absolute atomic E-state index is 0.0306. The average Bonchev–Trinajstić information content (AvgIpc) is 3.46. The summed E-state index contributed by atoms with van der Waals surface area (Å²) in [5.74, 6) is -0.521. The number of nitrogens with zero attached hydrogens (tertiary/aromatic N) is 2. The Morgan fingerprint density at radius 2 is 1.72 bits per heavy atom. The van der Waals surface area contributed by atoms with Crippen molar-refractivity contribution in [3.8, 4) is 0 Å². The van der Waals surface area contributed by atoms with E-state index in [4.69, 9.17) is 17.3 Å². The second-order valence-electron chi connectivity index (χ2n) is 5.93. The van der Waals surface area contributed by atoms with Crippen LogP contribution in [0.1, 0.15) is 33.8 Å². The van der Waals surface area contributed by atoms with Crippen LogP contribution in [0, 0.1) is 5.92 Å². The zero-order chi connectivity index (χ0) is 17.8. The topological polar surface area (TPSA) is 110 Å². The van der Waals surface area contributed by atoms with Crippen molar-refractivity contribution in [2.24, 2.45) is 11.7 Å². The third-order valence-electron chi connectivity index (χ3n) is 3.96. The lowest BCUT2D eigenvalue weighted by Crippen LogP contribution is -2.39. The zero-order valence-electron chi connectivity index (χ0n) is 13.4. The largest absolute Gasteiger partial charge is 0.349 e. The number of hydrogen-bond donors (Lipinski definition) is 3. The predicted octanol–water partition coefficient (Wildman–Crippen LogP) is 1.85. The van der Waals surface area contributed by atoms with E-state index in [-0.39, 0.29) is 17.4 Å². The van der Waals surface area contributed by atoms with Gasteiger partial charge in [0.05, 0.1) is 0 Å². The van der Waals surface area contributed by atoms with Gasteiger partial charge in [0, 0.05) is 35.7 Å². The smallest absolute Gasteiger partial charge is 0.276 e. The molecule has 8 heteroatoms. The van der Waals surface area contributed by atoms with Gasteiger partial charge < -0.3 is 16.4 Å². The molecule has 2 aromatic rings. The van der Waals surface area contributed by atoms with Crippen molar-refractivity contribution in [3.63, 3.8) is 0 Å². The Kier molecular flexibility index (Phi) is 5.25. The van der Waals surface area contributed by atoms with E-state index in [1.807, 2.05) is 0 Å². The molecule has 1 aromatic carbocycles. The first kappa shape index (κ1) is 17.3. The van der Waals surface area contributed by atoms with E-state index in [0.717, 1.165) is 12.8 Å². The number of anilines is 1. The molecule has 0 spiro atoms. The highest BCUT2D eigenvalue weighted by molar-refractivity contribution is 6.30. The van der Waals surface area contributed by atoms with Gasteiger partial charge in [-0.1, -0.05) is 11.6 Å². The fourth-order valence-corrected chi connectivity index (χ4v) is 2.51. The van der Waals surface area contributed by atoms with Gasteiger partial charge in [-0.15, -0.1) is 0 Å². The van der Waals surface area contributed by atoms with Crippen molar-refractivity contribution in [2.45, 2.75) is 18.9 Å². The van der Waals surface area contributed by atoms with Gasteiger partial charge in [0.1, 0.15) is 0 Å². The zero-order valence-corrected chi connectivity index (χ0v) is 14.2. The van der Waals surface area contributed by atoms with Crippen LogP contribution >= 0.6 is 11.6 Å². The van der Waals surface area contributed by atoms with Crippen molar-refractivity contribution in [3.05, 3.63) is 53.1 Å². The molecule has 1 aliphatic rings. The number of aromatic nitrogens is 2. The number of rotatable bonds is 6. The maximum absolute atomic E-state index is 12.4. The first-order valence-electron chi connectivity index (χ1n) is 7.96. The molecule has 0 bridgehead atoms. The molecular weight excluding hydrogens is 342 g/mol. The summed E-state index contributed by atoms with van der Waals surface area (Å²) in [5, 5.41) is 5.95. The summed E-state index contributed by atoms with van der Waals surface area (Å²) in [7, 11) is 0. The highest BCUT2D eigenvalue weighted by Gasteiger charge is 2.29. The molecule has 0 radical (unpaired) electrons. The summed E-state index contributed by atoms with van der Waals surface area (Å²) in [6.45, 7) is 0.346. The van der Waals surface area contributed by atoms with Gasteiger partial charge in [-0.25, -0.2) is 9.97 Å². The van der Waals surface area contributed by atoms with Gasteiger partial charge in [0.25, 0.3) is 11.8 Å². The minimum Gasteiger partial charge on any atom is -0.349 e. The van der Waals surface area contributed by atoms with E-state index < -0.39 is 11.8 Å².